The Kier molecular flexibility index (Phi) is 5.49. The van der Waals surface area contributed by atoms with Gasteiger partial charge in [-0.2, -0.15) is 0 Å². The zero-order chi connectivity index (χ0) is 20.1. The van der Waals surface area contributed by atoms with Gasteiger partial charge in [-0.05, 0) is 37.3 Å². The number of aromatic nitrogens is 2. The van der Waals surface area contributed by atoms with Crippen LogP contribution in [0.25, 0.3) is 11.5 Å². The van der Waals surface area contributed by atoms with Crippen molar-refractivity contribution in [3.63, 3.8) is 0 Å². The first kappa shape index (κ1) is 18.8. The molecule has 0 spiro atoms. The van der Waals surface area contributed by atoms with Gasteiger partial charge in [-0.15, -0.1) is 10.2 Å². The van der Waals surface area contributed by atoms with Crippen molar-refractivity contribution in [1.29, 1.82) is 0 Å². The van der Waals surface area contributed by atoms with E-state index in [0.717, 1.165) is 5.56 Å². The number of benzene rings is 2. The first-order valence-electron chi connectivity index (χ1n) is 8.14. The quantitative estimate of drug-likeness (QED) is 0.486. The second-order valence-corrected chi connectivity index (χ2v) is 5.66. The number of ether oxygens (including phenoxy) is 2. The van der Waals surface area contributed by atoms with Crippen LogP contribution in [0.4, 0.5) is 11.4 Å². The van der Waals surface area contributed by atoms with Crippen molar-refractivity contribution < 1.29 is 23.6 Å². The lowest BCUT2D eigenvalue weighted by Gasteiger charge is -2.16. The zero-order valence-electron chi connectivity index (χ0n) is 15.0. The van der Waals surface area contributed by atoms with Crippen LogP contribution in [0, 0.1) is 10.1 Å². The Hall–Kier alpha value is -3.95. The molecule has 1 atom stereocenters. The smallest absolute Gasteiger partial charge is 0.273 e. The van der Waals surface area contributed by atoms with Gasteiger partial charge in [0.25, 0.3) is 11.6 Å². The average Bonchev–Trinajstić information content (AvgIpc) is 3.23. The van der Waals surface area contributed by atoms with Gasteiger partial charge in [0.05, 0.1) is 23.8 Å². The molecule has 1 heterocycles. The molecule has 1 aromatic heterocycles. The number of methoxy groups -OCH3 is 1. The van der Waals surface area contributed by atoms with E-state index in [9.17, 15) is 14.9 Å². The molecule has 0 fully saturated rings. The van der Waals surface area contributed by atoms with Gasteiger partial charge in [-0.1, -0.05) is 0 Å². The number of carbonyl (C=O) groups excluding carboxylic acids is 1. The summed E-state index contributed by atoms with van der Waals surface area (Å²) in [4.78, 5) is 22.7. The maximum atomic E-state index is 12.4. The number of nitro groups is 1. The fourth-order valence-corrected chi connectivity index (χ4v) is 2.36. The second-order valence-electron chi connectivity index (χ2n) is 5.66. The van der Waals surface area contributed by atoms with E-state index in [0.29, 0.717) is 17.3 Å². The summed E-state index contributed by atoms with van der Waals surface area (Å²) in [5.41, 5.74) is 0.887. The molecule has 0 aliphatic carbocycles. The van der Waals surface area contributed by atoms with E-state index in [1.165, 1.54) is 31.7 Å². The molecule has 28 heavy (non-hydrogen) atoms. The number of rotatable bonds is 7. The topological polar surface area (TPSA) is 130 Å². The summed E-state index contributed by atoms with van der Waals surface area (Å²) in [5.74, 6) is 0.593. The van der Waals surface area contributed by atoms with E-state index in [4.69, 9.17) is 13.9 Å². The highest BCUT2D eigenvalue weighted by atomic mass is 16.6. The van der Waals surface area contributed by atoms with Crippen LogP contribution in [0.5, 0.6) is 11.5 Å². The third-order valence-electron chi connectivity index (χ3n) is 3.80. The van der Waals surface area contributed by atoms with E-state index < -0.39 is 16.9 Å². The molecule has 10 nitrogen and oxygen atoms in total. The van der Waals surface area contributed by atoms with E-state index in [2.05, 4.69) is 15.5 Å². The molecule has 0 aliphatic rings. The lowest BCUT2D eigenvalue weighted by molar-refractivity contribution is -0.384. The third kappa shape index (κ3) is 4.23. The highest BCUT2D eigenvalue weighted by molar-refractivity contribution is 5.95. The summed E-state index contributed by atoms with van der Waals surface area (Å²) in [5, 5.41) is 20.9. The summed E-state index contributed by atoms with van der Waals surface area (Å²) < 4.78 is 15.8. The molecule has 1 amide bonds. The molecular weight excluding hydrogens is 368 g/mol. The molecule has 0 aliphatic heterocycles. The van der Waals surface area contributed by atoms with Gasteiger partial charge in [-0.25, -0.2) is 0 Å². The van der Waals surface area contributed by atoms with Crippen molar-refractivity contribution in [1.82, 2.24) is 10.2 Å². The molecule has 0 saturated carbocycles. The maximum absolute atomic E-state index is 12.4. The number of hydrogen-bond acceptors (Lipinski definition) is 8. The molecular formula is C18H16N4O6. The largest absolute Gasteiger partial charge is 0.494 e. The second kappa shape index (κ2) is 8.16. The Balaban J connectivity index is 1.65. The van der Waals surface area contributed by atoms with E-state index in [1.807, 2.05) is 0 Å². The number of nitro benzene ring substituents is 1. The van der Waals surface area contributed by atoms with Gasteiger partial charge in [0.2, 0.25) is 12.3 Å². The molecule has 0 radical (unpaired) electrons. The standard InChI is InChI=1S/C18H16N4O6/c1-11(28-14-6-3-12(4-7-14)18-21-19-10-27-18)17(23)20-15-8-5-13(22(24)25)9-16(15)26-2/h3-11H,1-2H3,(H,20,23)/t11-/m1/s1. The molecule has 3 aromatic rings. The SMILES string of the molecule is COc1cc([N+](=O)[O-])ccc1NC(=O)[C@@H](C)Oc1ccc(-c2nnco2)cc1. The lowest BCUT2D eigenvalue weighted by Crippen LogP contribution is -2.30. The lowest BCUT2D eigenvalue weighted by atomic mass is 10.2. The zero-order valence-corrected chi connectivity index (χ0v) is 15.0. The Morgan fingerprint density at radius 1 is 1.25 bits per heavy atom. The van der Waals surface area contributed by atoms with E-state index in [-0.39, 0.29) is 11.4 Å². The highest BCUT2D eigenvalue weighted by Gasteiger charge is 2.18. The molecule has 0 unspecified atom stereocenters. The molecule has 144 valence electrons. The minimum atomic E-state index is -0.825. The summed E-state index contributed by atoms with van der Waals surface area (Å²) in [6.07, 6.45) is 0.410. The maximum Gasteiger partial charge on any atom is 0.273 e. The fraction of sp³-hybridized carbons (Fsp3) is 0.167. The highest BCUT2D eigenvalue weighted by Crippen LogP contribution is 2.29. The fourth-order valence-electron chi connectivity index (χ4n) is 2.36. The monoisotopic (exact) mass is 384 g/mol. The molecule has 0 bridgehead atoms. The predicted molar refractivity (Wildman–Crippen MR) is 98.1 cm³/mol. The van der Waals surface area contributed by atoms with Gasteiger partial charge >= 0.3 is 0 Å². The van der Waals surface area contributed by atoms with Crippen LogP contribution < -0.4 is 14.8 Å². The third-order valence-corrected chi connectivity index (χ3v) is 3.80. The molecule has 10 heteroatoms. The van der Waals surface area contributed by atoms with Gasteiger partial charge in [-0.3, -0.25) is 14.9 Å². The Morgan fingerprint density at radius 3 is 2.61 bits per heavy atom. The minimum absolute atomic E-state index is 0.138. The van der Waals surface area contributed by atoms with Crippen LogP contribution in [0.3, 0.4) is 0 Å². The predicted octanol–water partition coefficient (Wildman–Crippen LogP) is 3.06. The van der Waals surface area contributed by atoms with Crippen LogP contribution in [-0.4, -0.2) is 34.2 Å². The summed E-state index contributed by atoms with van der Waals surface area (Å²) in [7, 11) is 1.36. The van der Waals surface area contributed by atoms with Crippen molar-refractivity contribution in [2.75, 3.05) is 12.4 Å². The van der Waals surface area contributed by atoms with Crippen LogP contribution in [0.2, 0.25) is 0 Å². The van der Waals surface area contributed by atoms with E-state index in [1.54, 1.807) is 31.2 Å². The van der Waals surface area contributed by atoms with Crippen molar-refractivity contribution in [2.24, 2.45) is 0 Å². The number of hydrogen-bond donors (Lipinski definition) is 1. The van der Waals surface area contributed by atoms with Crippen LogP contribution in [0.1, 0.15) is 6.92 Å². The van der Waals surface area contributed by atoms with Gasteiger partial charge in [0.15, 0.2) is 6.10 Å². The summed E-state index contributed by atoms with van der Waals surface area (Å²) in [6, 6.07) is 10.7. The van der Waals surface area contributed by atoms with Crippen molar-refractivity contribution in [2.45, 2.75) is 13.0 Å². The number of carbonyl (C=O) groups is 1. The number of non-ortho nitro benzene ring substituents is 1. The summed E-state index contributed by atoms with van der Waals surface area (Å²) in [6.45, 7) is 1.58. The van der Waals surface area contributed by atoms with Crippen molar-refractivity contribution in [3.05, 3.63) is 59.0 Å². The number of anilines is 1. The number of amides is 1. The van der Waals surface area contributed by atoms with Gasteiger partial charge in [0, 0.05) is 11.6 Å². The number of nitrogens with zero attached hydrogens (tertiary/aromatic N) is 3. The first-order chi connectivity index (χ1) is 13.5. The van der Waals surface area contributed by atoms with Crippen LogP contribution in [0.15, 0.2) is 53.3 Å². The first-order valence-corrected chi connectivity index (χ1v) is 8.14. The Bertz CT molecular complexity index is 972. The van der Waals surface area contributed by atoms with Gasteiger partial charge < -0.3 is 19.2 Å². The molecule has 0 saturated heterocycles. The minimum Gasteiger partial charge on any atom is -0.494 e. The summed E-state index contributed by atoms with van der Waals surface area (Å²) >= 11 is 0. The van der Waals surface area contributed by atoms with Crippen molar-refractivity contribution >= 4 is 17.3 Å². The van der Waals surface area contributed by atoms with Crippen LogP contribution in [-0.2, 0) is 4.79 Å². The van der Waals surface area contributed by atoms with Crippen molar-refractivity contribution in [3.8, 4) is 23.0 Å². The molecule has 3 rings (SSSR count). The Morgan fingerprint density at radius 2 is 2.00 bits per heavy atom. The van der Waals surface area contributed by atoms with E-state index >= 15 is 0 Å². The molecule has 1 N–H and O–H groups in total. The average molecular weight is 384 g/mol. The van der Waals surface area contributed by atoms with Crippen LogP contribution >= 0.6 is 0 Å². The Labute approximate surface area is 159 Å². The van der Waals surface area contributed by atoms with Gasteiger partial charge in [0.1, 0.15) is 11.5 Å². The molecule has 2 aromatic carbocycles. The normalized spacial score (nSPS) is 11.5. The number of nitrogens with one attached hydrogen (secondary N) is 1.